The van der Waals surface area contributed by atoms with Crippen LogP contribution in [-0.4, -0.2) is 42.7 Å². The van der Waals surface area contributed by atoms with Gasteiger partial charge in [0.15, 0.2) is 21.5 Å². The SMILES string of the molecule is C=C(Cl)N=C1/C(=C\C)NC(=NCc2ccc(S(=O)(=O)CC)cc2)C(=O)N1C1CCC1. The van der Waals surface area contributed by atoms with Crippen molar-refractivity contribution >= 4 is 39.0 Å². The van der Waals surface area contributed by atoms with Crippen molar-refractivity contribution in [3.8, 4) is 0 Å². The van der Waals surface area contributed by atoms with Crippen molar-refractivity contribution < 1.29 is 13.2 Å². The average molecular weight is 449 g/mol. The third kappa shape index (κ3) is 4.65. The lowest BCUT2D eigenvalue weighted by molar-refractivity contribution is -0.123. The maximum atomic E-state index is 13.1. The van der Waals surface area contributed by atoms with Gasteiger partial charge >= 0.3 is 0 Å². The molecule has 0 atom stereocenters. The highest BCUT2D eigenvalue weighted by Crippen LogP contribution is 2.29. The number of carbonyl (C=O) groups is 1. The lowest BCUT2D eigenvalue weighted by atomic mass is 9.90. The van der Waals surface area contributed by atoms with Crippen molar-refractivity contribution in [2.45, 2.75) is 50.6 Å². The average Bonchev–Trinajstić information content (AvgIpc) is 2.68. The number of aliphatic imine (C=N–C) groups is 2. The zero-order chi connectivity index (χ0) is 21.9. The summed E-state index contributed by atoms with van der Waals surface area (Å²) >= 11 is 5.90. The Bertz CT molecular complexity index is 1040. The molecule has 1 aromatic rings. The van der Waals surface area contributed by atoms with E-state index in [1.165, 1.54) is 0 Å². The molecule has 1 N–H and O–H groups in total. The lowest BCUT2D eigenvalue weighted by Crippen LogP contribution is -2.59. The van der Waals surface area contributed by atoms with Crippen LogP contribution in [0.1, 0.15) is 38.7 Å². The highest BCUT2D eigenvalue weighted by atomic mass is 35.5. The fourth-order valence-corrected chi connectivity index (χ4v) is 4.20. The third-order valence-corrected chi connectivity index (χ3v) is 7.02. The zero-order valence-electron chi connectivity index (χ0n) is 17.1. The summed E-state index contributed by atoms with van der Waals surface area (Å²) in [5.74, 6) is 0.473. The number of nitrogens with one attached hydrogen (secondary N) is 1. The molecule has 0 bridgehead atoms. The van der Waals surface area contributed by atoms with Crippen LogP contribution >= 0.6 is 11.6 Å². The number of rotatable bonds is 6. The van der Waals surface area contributed by atoms with Gasteiger partial charge in [-0.3, -0.25) is 14.7 Å². The lowest BCUT2D eigenvalue weighted by Gasteiger charge is -2.41. The third-order valence-electron chi connectivity index (χ3n) is 5.18. The second kappa shape index (κ2) is 9.14. The second-order valence-corrected chi connectivity index (χ2v) is 9.83. The number of allylic oxidation sites excluding steroid dienone is 1. The first-order valence-electron chi connectivity index (χ1n) is 9.83. The number of hydrogen-bond donors (Lipinski definition) is 1. The van der Waals surface area contributed by atoms with Crippen molar-refractivity contribution in [2.24, 2.45) is 9.98 Å². The van der Waals surface area contributed by atoms with Gasteiger partial charge in [0, 0.05) is 6.04 Å². The van der Waals surface area contributed by atoms with Crippen LogP contribution in [0.5, 0.6) is 0 Å². The monoisotopic (exact) mass is 448 g/mol. The first kappa shape index (κ1) is 22.2. The Morgan fingerprint density at radius 3 is 2.50 bits per heavy atom. The largest absolute Gasteiger partial charge is 0.333 e. The molecule has 0 aromatic heterocycles. The number of amidine groups is 2. The zero-order valence-corrected chi connectivity index (χ0v) is 18.6. The van der Waals surface area contributed by atoms with Gasteiger partial charge in [0.2, 0.25) is 0 Å². The van der Waals surface area contributed by atoms with Crippen molar-refractivity contribution in [2.75, 3.05) is 5.75 Å². The molecule has 2 aliphatic rings. The fraction of sp³-hybridized carbons (Fsp3) is 0.381. The number of sulfone groups is 1. The molecular weight excluding hydrogens is 424 g/mol. The van der Waals surface area contributed by atoms with Gasteiger partial charge < -0.3 is 5.32 Å². The molecule has 160 valence electrons. The van der Waals surface area contributed by atoms with Gasteiger partial charge in [0.25, 0.3) is 5.91 Å². The Morgan fingerprint density at radius 2 is 2.00 bits per heavy atom. The molecule has 0 radical (unpaired) electrons. The van der Waals surface area contributed by atoms with E-state index in [2.05, 4.69) is 21.9 Å². The Balaban J connectivity index is 1.86. The minimum Gasteiger partial charge on any atom is -0.333 e. The molecule has 30 heavy (non-hydrogen) atoms. The standard InChI is InChI=1S/C21H25ClN4O3S/c1-4-18-20(24-14(3)22)26(16-7-6-8-16)21(27)19(25-18)23-13-15-9-11-17(12-10-15)30(28,29)5-2/h4,9-12,16H,3,5-8,13H2,1-2H3,(H,23,25)/b18-4+,24-20?. The summed E-state index contributed by atoms with van der Waals surface area (Å²) < 4.78 is 23.9. The highest BCUT2D eigenvalue weighted by Gasteiger charge is 2.39. The van der Waals surface area contributed by atoms with Crippen LogP contribution < -0.4 is 5.32 Å². The van der Waals surface area contributed by atoms with E-state index < -0.39 is 9.84 Å². The van der Waals surface area contributed by atoms with E-state index in [0.717, 1.165) is 24.8 Å². The summed E-state index contributed by atoms with van der Waals surface area (Å²) in [5, 5.41) is 3.15. The van der Waals surface area contributed by atoms with Crippen molar-refractivity contribution in [3.63, 3.8) is 0 Å². The van der Waals surface area contributed by atoms with Crippen molar-refractivity contribution in [1.29, 1.82) is 0 Å². The summed E-state index contributed by atoms with van der Waals surface area (Å²) in [7, 11) is -3.25. The second-order valence-electron chi connectivity index (χ2n) is 7.11. The molecule has 7 nitrogen and oxygen atoms in total. The molecule has 9 heteroatoms. The summed E-state index contributed by atoms with van der Waals surface area (Å²) in [4.78, 5) is 23.8. The van der Waals surface area contributed by atoms with Crippen LogP contribution in [0.4, 0.5) is 0 Å². The molecule has 1 aliphatic carbocycles. The Kier molecular flexibility index (Phi) is 6.77. The van der Waals surface area contributed by atoms with E-state index in [0.29, 0.717) is 11.5 Å². The van der Waals surface area contributed by atoms with Crippen LogP contribution in [0.3, 0.4) is 0 Å². The summed E-state index contributed by atoms with van der Waals surface area (Å²) in [6, 6.07) is 6.63. The predicted octanol–water partition coefficient (Wildman–Crippen LogP) is 3.38. The molecule has 3 rings (SSSR count). The quantitative estimate of drug-likeness (QED) is 0.675. The number of hydrogen-bond acceptors (Lipinski definition) is 5. The van der Waals surface area contributed by atoms with Gasteiger partial charge in [-0.25, -0.2) is 13.4 Å². The molecule has 2 fully saturated rings. The summed E-state index contributed by atoms with van der Waals surface area (Å²) in [6.45, 7) is 7.31. The van der Waals surface area contributed by atoms with Gasteiger partial charge in [-0.2, -0.15) is 0 Å². The molecule has 1 saturated heterocycles. The highest BCUT2D eigenvalue weighted by molar-refractivity contribution is 7.91. The molecule has 0 spiro atoms. The smallest absolute Gasteiger partial charge is 0.295 e. The van der Waals surface area contributed by atoms with Gasteiger partial charge in [-0.1, -0.05) is 43.3 Å². The Hall–Kier alpha value is -2.45. The molecule has 1 heterocycles. The summed E-state index contributed by atoms with van der Waals surface area (Å²) in [5.41, 5.74) is 1.45. The van der Waals surface area contributed by atoms with Crippen LogP contribution in [0.2, 0.25) is 0 Å². The first-order valence-corrected chi connectivity index (χ1v) is 11.9. The van der Waals surface area contributed by atoms with E-state index in [1.807, 2.05) is 13.0 Å². The number of nitrogens with zero attached hydrogens (tertiary/aromatic N) is 3. The van der Waals surface area contributed by atoms with Gasteiger partial charge in [-0.15, -0.1) is 0 Å². The number of benzene rings is 1. The molecule has 1 amide bonds. The molecule has 1 aliphatic heterocycles. The van der Waals surface area contributed by atoms with Gasteiger partial charge in [0.1, 0.15) is 5.16 Å². The topological polar surface area (TPSA) is 91.2 Å². The van der Waals surface area contributed by atoms with E-state index in [4.69, 9.17) is 11.6 Å². The maximum absolute atomic E-state index is 13.1. The van der Waals surface area contributed by atoms with Crippen LogP contribution in [0.25, 0.3) is 0 Å². The van der Waals surface area contributed by atoms with E-state index in [1.54, 1.807) is 36.1 Å². The van der Waals surface area contributed by atoms with Crippen LogP contribution in [-0.2, 0) is 21.2 Å². The van der Waals surface area contributed by atoms with Crippen LogP contribution in [0, 0.1) is 0 Å². The Labute approximate surface area is 182 Å². The normalized spacial score (nSPS) is 21.8. The molecule has 1 aromatic carbocycles. The molecule has 0 unspecified atom stereocenters. The van der Waals surface area contributed by atoms with E-state index in [-0.39, 0.29) is 40.1 Å². The fourth-order valence-electron chi connectivity index (χ4n) is 3.24. The molecular formula is C21H25ClN4O3S. The van der Waals surface area contributed by atoms with Crippen molar-refractivity contribution in [1.82, 2.24) is 10.2 Å². The van der Waals surface area contributed by atoms with Gasteiger partial charge in [0.05, 0.1) is 22.9 Å². The number of amides is 1. The van der Waals surface area contributed by atoms with E-state index >= 15 is 0 Å². The van der Waals surface area contributed by atoms with E-state index in [9.17, 15) is 13.2 Å². The first-order chi connectivity index (χ1) is 14.3. The van der Waals surface area contributed by atoms with Crippen LogP contribution in [0.15, 0.2) is 62.7 Å². The Morgan fingerprint density at radius 1 is 1.33 bits per heavy atom. The van der Waals surface area contributed by atoms with Crippen molar-refractivity contribution in [3.05, 3.63) is 53.3 Å². The minimum absolute atomic E-state index is 0.0504. The maximum Gasteiger partial charge on any atom is 0.295 e. The number of carbonyl (C=O) groups excluding carboxylic acids is 1. The number of halogens is 1. The minimum atomic E-state index is -3.25. The van der Waals surface area contributed by atoms with Gasteiger partial charge in [-0.05, 0) is 43.9 Å². The number of piperazine rings is 1. The molecule has 1 saturated carbocycles. The summed E-state index contributed by atoms with van der Waals surface area (Å²) in [6.07, 6.45) is 4.67. The predicted molar refractivity (Wildman–Crippen MR) is 119 cm³/mol.